The SMILES string of the molecule is Nc1csc(NN=Cc2ccc(-c3cc(C(F)(F)F)cc(Cl)n3)cc2)n1. The maximum Gasteiger partial charge on any atom is 0.416 e. The number of aromatic nitrogens is 2. The third-order valence-corrected chi connectivity index (χ3v) is 4.18. The summed E-state index contributed by atoms with van der Waals surface area (Å²) >= 11 is 7.03. The molecule has 0 radical (unpaired) electrons. The van der Waals surface area contributed by atoms with E-state index < -0.39 is 11.7 Å². The Bertz CT molecular complexity index is 938. The summed E-state index contributed by atoms with van der Waals surface area (Å²) in [6.45, 7) is 0. The van der Waals surface area contributed by atoms with Crippen LogP contribution in [0.2, 0.25) is 5.15 Å². The van der Waals surface area contributed by atoms with E-state index in [2.05, 4.69) is 20.5 Å². The fraction of sp³-hybridized carbons (Fsp3) is 0.0625. The van der Waals surface area contributed by atoms with Gasteiger partial charge in [0.05, 0.1) is 17.5 Å². The topological polar surface area (TPSA) is 76.2 Å². The number of pyridine rings is 1. The van der Waals surface area contributed by atoms with Crippen LogP contribution in [0.1, 0.15) is 11.1 Å². The Labute approximate surface area is 155 Å². The number of benzene rings is 1. The number of hydrogen-bond donors (Lipinski definition) is 2. The number of hydrazone groups is 1. The summed E-state index contributed by atoms with van der Waals surface area (Å²) in [6.07, 6.45) is -2.94. The first-order chi connectivity index (χ1) is 12.3. The Balaban J connectivity index is 1.76. The van der Waals surface area contributed by atoms with Gasteiger partial charge < -0.3 is 5.73 Å². The maximum absolute atomic E-state index is 12.9. The Hall–Kier alpha value is -2.65. The number of thiazole rings is 1. The van der Waals surface area contributed by atoms with Gasteiger partial charge in [-0.25, -0.2) is 9.97 Å². The molecule has 0 unspecified atom stereocenters. The van der Waals surface area contributed by atoms with Crippen molar-refractivity contribution in [3.05, 3.63) is 58.1 Å². The van der Waals surface area contributed by atoms with Gasteiger partial charge >= 0.3 is 6.18 Å². The van der Waals surface area contributed by atoms with Gasteiger partial charge in [0.1, 0.15) is 11.0 Å². The normalized spacial score (nSPS) is 11.8. The molecule has 1 aromatic carbocycles. The van der Waals surface area contributed by atoms with Gasteiger partial charge in [0, 0.05) is 10.9 Å². The average Bonchev–Trinajstić information content (AvgIpc) is 2.99. The van der Waals surface area contributed by atoms with Crippen molar-refractivity contribution in [3.63, 3.8) is 0 Å². The van der Waals surface area contributed by atoms with Crippen LogP contribution in [0.15, 0.2) is 46.9 Å². The number of nitrogens with one attached hydrogen (secondary N) is 1. The quantitative estimate of drug-likeness (QED) is 0.373. The van der Waals surface area contributed by atoms with Crippen molar-refractivity contribution in [2.75, 3.05) is 11.2 Å². The Morgan fingerprint density at radius 2 is 1.88 bits per heavy atom. The summed E-state index contributed by atoms with van der Waals surface area (Å²) < 4.78 is 38.7. The Kier molecular flexibility index (Phi) is 5.10. The van der Waals surface area contributed by atoms with Crippen LogP contribution in [-0.4, -0.2) is 16.2 Å². The highest BCUT2D eigenvalue weighted by Gasteiger charge is 2.31. The molecule has 3 rings (SSSR count). The second-order valence-electron chi connectivity index (χ2n) is 5.13. The maximum atomic E-state index is 12.9. The van der Waals surface area contributed by atoms with Crippen LogP contribution < -0.4 is 11.2 Å². The fourth-order valence-electron chi connectivity index (χ4n) is 2.05. The molecule has 3 N–H and O–H groups in total. The predicted octanol–water partition coefficient (Wildman–Crippen LogP) is 4.91. The molecule has 0 aliphatic rings. The molecular formula is C16H11ClF3N5S. The zero-order chi connectivity index (χ0) is 18.7. The van der Waals surface area contributed by atoms with Crippen LogP contribution in [0.25, 0.3) is 11.3 Å². The monoisotopic (exact) mass is 397 g/mol. The van der Waals surface area contributed by atoms with Crippen molar-refractivity contribution in [3.8, 4) is 11.3 Å². The van der Waals surface area contributed by atoms with Crippen LogP contribution in [0.3, 0.4) is 0 Å². The minimum Gasteiger partial charge on any atom is -0.383 e. The summed E-state index contributed by atoms with van der Waals surface area (Å²) in [4.78, 5) is 7.94. The summed E-state index contributed by atoms with van der Waals surface area (Å²) in [6, 6.07) is 8.44. The lowest BCUT2D eigenvalue weighted by atomic mass is 10.1. The highest BCUT2D eigenvalue weighted by Crippen LogP contribution is 2.33. The highest BCUT2D eigenvalue weighted by atomic mass is 35.5. The number of anilines is 2. The van der Waals surface area contributed by atoms with Gasteiger partial charge in [0.2, 0.25) is 5.13 Å². The Morgan fingerprint density at radius 1 is 1.15 bits per heavy atom. The van der Waals surface area contributed by atoms with Crippen LogP contribution in [0.5, 0.6) is 0 Å². The van der Waals surface area contributed by atoms with Gasteiger partial charge in [-0.1, -0.05) is 35.9 Å². The number of hydrogen-bond acceptors (Lipinski definition) is 6. The van der Waals surface area contributed by atoms with Gasteiger partial charge in [0.15, 0.2) is 0 Å². The van der Waals surface area contributed by atoms with Gasteiger partial charge in [-0.15, -0.1) is 11.3 Å². The van der Waals surface area contributed by atoms with Crippen LogP contribution >= 0.6 is 22.9 Å². The average molecular weight is 398 g/mol. The highest BCUT2D eigenvalue weighted by molar-refractivity contribution is 7.14. The van der Waals surface area contributed by atoms with Crippen LogP contribution in [0.4, 0.5) is 24.1 Å². The number of nitrogen functional groups attached to an aromatic ring is 1. The van der Waals surface area contributed by atoms with Crippen molar-refractivity contribution in [2.24, 2.45) is 5.10 Å². The van der Waals surface area contributed by atoms with Crippen molar-refractivity contribution >= 4 is 40.1 Å². The molecule has 134 valence electrons. The lowest BCUT2D eigenvalue weighted by molar-refractivity contribution is -0.137. The molecule has 0 saturated heterocycles. The van der Waals surface area contributed by atoms with Crippen molar-refractivity contribution < 1.29 is 13.2 Å². The first-order valence-electron chi connectivity index (χ1n) is 7.16. The summed E-state index contributed by atoms with van der Waals surface area (Å²) in [5.74, 6) is 0.407. The molecule has 2 aromatic heterocycles. The summed E-state index contributed by atoms with van der Waals surface area (Å²) in [5, 5.41) is 6.04. The number of halogens is 4. The van der Waals surface area contributed by atoms with E-state index in [1.807, 2.05) is 0 Å². The van der Waals surface area contributed by atoms with E-state index in [0.29, 0.717) is 16.5 Å². The molecule has 10 heteroatoms. The molecule has 0 aliphatic carbocycles. The minimum atomic E-state index is -4.49. The summed E-state index contributed by atoms with van der Waals surface area (Å²) in [5.41, 5.74) is 8.79. The van der Waals surface area contributed by atoms with E-state index in [-0.39, 0.29) is 10.8 Å². The molecule has 2 heterocycles. The smallest absolute Gasteiger partial charge is 0.383 e. The molecule has 0 bridgehead atoms. The molecule has 0 saturated carbocycles. The summed E-state index contributed by atoms with van der Waals surface area (Å²) in [7, 11) is 0. The number of rotatable bonds is 4. The zero-order valence-electron chi connectivity index (χ0n) is 13.0. The molecule has 0 aliphatic heterocycles. The second-order valence-corrected chi connectivity index (χ2v) is 6.38. The molecule has 26 heavy (non-hydrogen) atoms. The van der Waals surface area contributed by atoms with Crippen molar-refractivity contribution in [2.45, 2.75) is 6.18 Å². The zero-order valence-corrected chi connectivity index (χ0v) is 14.5. The van der Waals surface area contributed by atoms with E-state index in [0.717, 1.165) is 17.7 Å². The van der Waals surface area contributed by atoms with Crippen LogP contribution in [0, 0.1) is 0 Å². The Morgan fingerprint density at radius 3 is 2.50 bits per heavy atom. The standard InChI is InChI=1S/C16H11ClF3N5S/c17-13-6-11(16(18,19)20)5-12(23-13)10-3-1-9(2-4-10)7-22-25-15-24-14(21)8-26-15/h1-8H,21H2,(H,24,25). The van der Waals surface area contributed by atoms with E-state index >= 15 is 0 Å². The molecule has 5 nitrogen and oxygen atoms in total. The number of nitrogens with two attached hydrogens (primary N) is 1. The number of alkyl halides is 3. The lowest BCUT2D eigenvalue weighted by Crippen LogP contribution is -2.05. The van der Waals surface area contributed by atoms with Crippen molar-refractivity contribution in [1.29, 1.82) is 0 Å². The second kappa shape index (κ2) is 7.30. The molecular weight excluding hydrogens is 387 g/mol. The molecule has 0 atom stereocenters. The molecule has 0 amide bonds. The van der Waals surface area contributed by atoms with E-state index in [1.54, 1.807) is 35.9 Å². The van der Waals surface area contributed by atoms with Crippen LogP contribution in [-0.2, 0) is 6.18 Å². The molecule has 0 spiro atoms. The molecule has 0 fully saturated rings. The van der Waals surface area contributed by atoms with E-state index in [1.165, 1.54) is 11.3 Å². The van der Waals surface area contributed by atoms with Gasteiger partial charge in [-0.3, -0.25) is 5.43 Å². The lowest BCUT2D eigenvalue weighted by Gasteiger charge is -2.09. The largest absolute Gasteiger partial charge is 0.416 e. The first-order valence-corrected chi connectivity index (χ1v) is 8.42. The van der Waals surface area contributed by atoms with E-state index in [9.17, 15) is 13.2 Å². The predicted molar refractivity (Wildman–Crippen MR) is 97.4 cm³/mol. The third-order valence-electron chi connectivity index (χ3n) is 3.22. The van der Waals surface area contributed by atoms with E-state index in [4.69, 9.17) is 17.3 Å². The third kappa shape index (κ3) is 4.50. The minimum absolute atomic E-state index is 0.143. The van der Waals surface area contributed by atoms with Crippen molar-refractivity contribution in [1.82, 2.24) is 9.97 Å². The van der Waals surface area contributed by atoms with Gasteiger partial charge in [-0.2, -0.15) is 18.3 Å². The van der Waals surface area contributed by atoms with Gasteiger partial charge in [0.25, 0.3) is 0 Å². The molecule has 3 aromatic rings. The fourth-order valence-corrected chi connectivity index (χ4v) is 2.81. The first kappa shape index (κ1) is 18.2. The van der Waals surface area contributed by atoms with Gasteiger partial charge in [-0.05, 0) is 17.7 Å². The number of nitrogens with zero attached hydrogens (tertiary/aromatic N) is 3.